The van der Waals surface area contributed by atoms with Gasteiger partial charge in [-0.05, 0) is 13.0 Å². The minimum Gasteiger partial charge on any atom is -0.479 e. The molecule has 0 saturated carbocycles. The Balaban J connectivity index is 2.24. The molecule has 1 aromatic rings. The van der Waals surface area contributed by atoms with Crippen LogP contribution in [0.2, 0.25) is 0 Å². The molecule has 1 heterocycles. The van der Waals surface area contributed by atoms with Crippen LogP contribution < -0.4 is 19.9 Å². The number of rotatable bonds is 4. The van der Waals surface area contributed by atoms with Crippen LogP contribution in [0.5, 0.6) is 17.2 Å². The highest BCUT2D eigenvalue weighted by atomic mass is 16.7. The Kier molecular flexibility index (Phi) is 3.57. The zero-order chi connectivity index (χ0) is 13.1. The molecule has 2 N–H and O–H groups in total. The number of nitrogens with two attached hydrogens (primary N) is 1. The molecule has 0 radical (unpaired) electrons. The second kappa shape index (κ2) is 5.14. The molecule has 1 unspecified atom stereocenters. The molecule has 1 aliphatic heterocycles. The first-order valence-electron chi connectivity index (χ1n) is 5.52. The first-order chi connectivity index (χ1) is 8.65. The van der Waals surface area contributed by atoms with E-state index in [4.69, 9.17) is 19.9 Å². The largest absolute Gasteiger partial charge is 0.479 e. The summed E-state index contributed by atoms with van der Waals surface area (Å²) in [7, 11) is 1.31. The van der Waals surface area contributed by atoms with Crippen molar-refractivity contribution in [1.82, 2.24) is 0 Å². The summed E-state index contributed by atoms with van der Waals surface area (Å²) in [6.45, 7) is 2.06. The van der Waals surface area contributed by atoms with E-state index in [9.17, 15) is 4.79 Å². The maximum absolute atomic E-state index is 11.3. The van der Waals surface area contributed by atoms with Crippen molar-refractivity contribution in [2.24, 2.45) is 5.73 Å². The summed E-state index contributed by atoms with van der Waals surface area (Å²) >= 11 is 0. The van der Waals surface area contributed by atoms with Crippen LogP contribution in [0.25, 0.3) is 0 Å². The molecule has 0 amide bonds. The molecule has 6 nitrogen and oxygen atoms in total. The lowest BCUT2D eigenvalue weighted by atomic mass is 10.1. The fourth-order valence-electron chi connectivity index (χ4n) is 1.64. The lowest BCUT2D eigenvalue weighted by Crippen LogP contribution is -2.25. The lowest BCUT2D eigenvalue weighted by Gasteiger charge is -2.15. The van der Waals surface area contributed by atoms with Crippen LogP contribution in [0.3, 0.4) is 0 Å². The van der Waals surface area contributed by atoms with Crippen LogP contribution in [-0.2, 0) is 16.1 Å². The Morgan fingerprint density at radius 2 is 2.11 bits per heavy atom. The first kappa shape index (κ1) is 12.5. The van der Waals surface area contributed by atoms with E-state index in [-0.39, 0.29) is 13.3 Å². The van der Waals surface area contributed by atoms with Gasteiger partial charge >= 0.3 is 5.97 Å². The third kappa shape index (κ3) is 2.33. The van der Waals surface area contributed by atoms with Crippen LogP contribution in [0.15, 0.2) is 12.1 Å². The molecular formula is C12H15NO5. The SMILES string of the molecule is COC(=O)C(C)Oc1cc2c(cc1CN)OCO2. The zero-order valence-corrected chi connectivity index (χ0v) is 10.3. The van der Waals surface area contributed by atoms with Gasteiger partial charge in [0.25, 0.3) is 0 Å². The number of hydrogen-bond donors (Lipinski definition) is 1. The van der Waals surface area contributed by atoms with E-state index in [1.165, 1.54) is 7.11 Å². The molecule has 0 saturated heterocycles. The maximum atomic E-state index is 11.3. The summed E-state index contributed by atoms with van der Waals surface area (Å²) in [4.78, 5) is 11.3. The summed E-state index contributed by atoms with van der Waals surface area (Å²) in [5.74, 6) is 1.27. The highest BCUT2D eigenvalue weighted by molar-refractivity contribution is 5.74. The fourth-order valence-corrected chi connectivity index (χ4v) is 1.64. The first-order valence-corrected chi connectivity index (χ1v) is 5.52. The van der Waals surface area contributed by atoms with Crippen molar-refractivity contribution < 1.29 is 23.7 Å². The van der Waals surface area contributed by atoms with Gasteiger partial charge in [0.15, 0.2) is 17.6 Å². The molecule has 18 heavy (non-hydrogen) atoms. The van der Waals surface area contributed by atoms with Gasteiger partial charge in [-0.2, -0.15) is 0 Å². The van der Waals surface area contributed by atoms with Gasteiger partial charge in [0, 0.05) is 18.2 Å². The number of benzene rings is 1. The van der Waals surface area contributed by atoms with Crippen molar-refractivity contribution in [3.63, 3.8) is 0 Å². The minimum atomic E-state index is -0.708. The number of esters is 1. The summed E-state index contributed by atoms with van der Waals surface area (Å²) < 4.78 is 20.6. The van der Waals surface area contributed by atoms with Crippen LogP contribution >= 0.6 is 0 Å². The summed E-state index contributed by atoms with van der Waals surface area (Å²) in [5, 5.41) is 0. The Morgan fingerprint density at radius 1 is 1.44 bits per heavy atom. The van der Waals surface area contributed by atoms with E-state index in [2.05, 4.69) is 4.74 Å². The summed E-state index contributed by atoms with van der Waals surface area (Å²) in [5.41, 5.74) is 6.38. The second-order valence-corrected chi connectivity index (χ2v) is 3.80. The van der Waals surface area contributed by atoms with E-state index in [0.717, 1.165) is 5.56 Å². The Hall–Kier alpha value is -1.95. The molecule has 6 heteroatoms. The van der Waals surface area contributed by atoms with Crippen LogP contribution in [0.4, 0.5) is 0 Å². The van der Waals surface area contributed by atoms with Gasteiger partial charge < -0.3 is 24.7 Å². The number of hydrogen-bond acceptors (Lipinski definition) is 6. The Labute approximate surface area is 105 Å². The van der Waals surface area contributed by atoms with Gasteiger partial charge in [-0.15, -0.1) is 0 Å². The second-order valence-electron chi connectivity index (χ2n) is 3.80. The average molecular weight is 253 g/mol. The van der Waals surface area contributed by atoms with Crippen LogP contribution in [0.1, 0.15) is 12.5 Å². The van der Waals surface area contributed by atoms with Gasteiger partial charge in [-0.25, -0.2) is 4.79 Å². The van der Waals surface area contributed by atoms with E-state index in [1.807, 2.05) is 0 Å². The number of methoxy groups -OCH3 is 1. The molecule has 2 rings (SSSR count). The lowest BCUT2D eigenvalue weighted by molar-refractivity contribution is -0.147. The topological polar surface area (TPSA) is 80.0 Å². The van der Waals surface area contributed by atoms with Crippen molar-refractivity contribution in [3.05, 3.63) is 17.7 Å². The molecule has 1 aromatic carbocycles. The number of carbonyl (C=O) groups excluding carboxylic acids is 1. The third-order valence-corrected chi connectivity index (χ3v) is 2.61. The Bertz CT molecular complexity index is 460. The minimum absolute atomic E-state index is 0.176. The highest BCUT2D eigenvalue weighted by Crippen LogP contribution is 2.38. The number of fused-ring (bicyclic) bond motifs is 1. The quantitative estimate of drug-likeness (QED) is 0.800. The van der Waals surface area contributed by atoms with Crippen molar-refractivity contribution in [2.45, 2.75) is 19.6 Å². The predicted molar refractivity (Wildman–Crippen MR) is 62.6 cm³/mol. The van der Waals surface area contributed by atoms with Gasteiger partial charge in [0.2, 0.25) is 6.79 Å². The maximum Gasteiger partial charge on any atom is 0.346 e. The number of carbonyl (C=O) groups is 1. The molecular weight excluding hydrogens is 238 g/mol. The highest BCUT2D eigenvalue weighted by Gasteiger charge is 2.21. The molecule has 0 bridgehead atoms. The number of ether oxygens (including phenoxy) is 4. The van der Waals surface area contributed by atoms with Crippen molar-refractivity contribution in [3.8, 4) is 17.2 Å². The normalized spacial score (nSPS) is 14.2. The predicted octanol–water partition coefficient (Wildman–Crippen LogP) is 0.814. The van der Waals surface area contributed by atoms with Gasteiger partial charge in [0.05, 0.1) is 7.11 Å². The van der Waals surface area contributed by atoms with Crippen molar-refractivity contribution in [1.29, 1.82) is 0 Å². The molecule has 0 aromatic heterocycles. The summed E-state index contributed by atoms with van der Waals surface area (Å²) in [6.07, 6.45) is -0.708. The van der Waals surface area contributed by atoms with Crippen molar-refractivity contribution >= 4 is 5.97 Å². The van der Waals surface area contributed by atoms with Gasteiger partial charge in [-0.1, -0.05) is 0 Å². The smallest absolute Gasteiger partial charge is 0.346 e. The monoisotopic (exact) mass is 253 g/mol. The summed E-state index contributed by atoms with van der Waals surface area (Å²) in [6, 6.07) is 3.42. The molecule has 0 fully saturated rings. The average Bonchev–Trinajstić information content (AvgIpc) is 2.83. The molecule has 0 spiro atoms. The Morgan fingerprint density at radius 3 is 2.72 bits per heavy atom. The molecule has 1 aliphatic rings. The molecule has 0 aliphatic carbocycles. The van der Waals surface area contributed by atoms with E-state index in [0.29, 0.717) is 17.2 Å². The van der Waals surface area contributed by atoms with E-state index < -0.39 is 12.1 Å². The molecule has 1 atom stereocenters. The van der Waals surface area contributed by atoms with Gasteiger partial charge in [0.1, 0.15) is 5.75 Å². The van der Waals surface area contributed by atoms with E-state index >= 15 is 0 Å². The van der Waals surface area contributed by atoms with Crippen LogP contribution in [0, 0.1) is 0 Å². The van der Waals surface area contributed by atoms with Crippen LogP contribution in [-0.4, -0.2) is 26.0 Å². The van der Waals surface area contributed by atoms with Gasteiger partial charge in [-0.3, -0.25) is 0 Å². The van der Waals surface area contributed by atoms with Crippen molar-refractivity contribution in [2.75, 3.05) is 13.9 Å². The third-order valence-electron chi connectivity index (χ3n) is 2.61. The molecule has 98 valence electrons. The standard InChI is InChI=1S/C12H15NO5/c1-7(12(14)15-2)18-9-4-11-10(16-6-17-11)3-8(9)5-13/h3-4,7H,5-6,13H2,1-2H3. The van der Waals surface area contributed by atoms with E-state index in [1.54, 1.807) is 19.1 Å². The fraction of sp³-hybridized carbons (Fsp3) is 0.417. The zero-order valence-electron chi connectivity index (χ0n) is 10.3.